The molecule has 0 atom stereocenters. The van der Waals surface area contributed by atoms with Crippen molar-refractivity contribution in [3.63, 3.8) is 0 Å². The Morgan fingerprint density at radius 3 is 2.47 bits per heavy atom. The standard InChI is InChI=1S/C25H19F3N4O4S.ClH/c1-31-14-29-12-17(31)13-35-20-8-5-16(11-21(20)34-2)32-10-9-19-22(24(32)33)37-23(30-19)15-3-6-18(7-4-15)36-25(26,27)28;/h3-12,14H,13H2,1-2H3;1H. The Labute approximate surface area is 224 Å². The molecule has 8 nitrogen and oxygen atoms in total. The fourth-order valence-corrected chi connectivity index (χ4v) is 4.64. The molecular formula is C25H20ClF3N4O4S. The zero-order chi connectivity index (χ0) is 26.2. The highest BCUT2D eigenvalue weighted by molar-refractivity contribution is 7.21. The van der Waals surface area contributed by atoms with Crippen molar-refractivity contribution in [2.24, 2.45) is 7.05 Å². The molecule has 38 heavy (non-hydrogen) atoms. The molecule has 3 aromatic heterocycles. The lowest BCUT2D eigenvalue weighted by Gasteiger charge is -2.13. The number of aromatic nitrogens is 4. The number of hydrogen-bond donors (Lipinski definition) is 0. The van der Waals surface area contributed by atoms with E-state index in [2.05, 4.69) is 14.7 Å². The molecule has 5 aromatic rings. The van der Waals surface area contributed by atoms with Gasteiger partial charge in [0.05, 0.1) is 36.5 Å². The first kappa shape index (κ1) is 27.0. The number of imidazole rings is 1. The summed E-state index contributed by atoms with van der Waals surface area (Å²) in [5, 5.41) is 0.500. The van der Waals surface area contributed by atoms with E-state index in [0.717, 1.165) is 17.0 Å². The van der Waals surface area contributed by atoms with Crippen LogP contribution in [0.15, 0.2) is 72.0 Å². The molecule has 0 aliphatic carbocycles. The van der Waals surface area contributed by atoms with Gasteiger partial charge in [0.15, 0.2) is 11.5 Å². The molecule has 0 fully saturated rings. The van der Waals surface area contributed by atoms with Gasteiger partial charge < -0.3 is 18.8 Å². The highest BCUT2D eigenvalue weighted by Gasteiger charge is 2.31. The van der Waals surface area contributed by atoms with Crippen LogP contribution in [0.5, 0.6) is 17.2 Å². The van der Waals surface area contributed by atoms with Gasteiger partial charge in [0, 0.05) is 24.9 Å². The number of halogens is 4. The number of alkyl halides is 3. The minimum atomic E-state index is -4.77. The maximum Gasteiger partial charge on any atom is 0.573 e. The number of hydrogen-bond acceptors (Lipinski definition) is 7. The highest BCUT2D eigenvalue weighted by atomic mass is 35.5. The van der Waals surface area contributed by atoms with Gasteiger partial charge in [-0.05, 0) is 42.5 Å². The predicted octanol–water partition coefficient (Wildman–Crippen LogP) is 5.76. The molecule has 0 amide bonds. The average Bonchev–Trinajstić information content (AvgIpc) is 3.49. The van der Waals surface area contributed by atoms with E-state index in [-0.39, 0.29) is 23.7 Å². The number of pyridine rings is 1. The molecule has 0 saturated carbocycles. The lowest BCUT2D eigenvalue weighted by atomic mass is 10.2. The van der Waals surface area contributed by atoms with Gasteiger partial charge in [-0.15, -0.1) is 36.9 Å². The third-order valence-electron chi connectivity index (χ3n) is 5.50. The molecular weight excluding hydrogens is 545 g/mol. The Hall–Kier alpha value is -4.03. The lowest BCUT2D eigenvalue weighted by Crippen LogP contribution is -2.16. The third-order valence-corrected chi connectivity index (χ3v) is 6.61. The van der Waals surface area contributed by atoms with Crippen LogP contribution < -0.4 is 19.8 Å². The zero-order valence-electron chi connectivity index (χ0n) is 19.9. The number of thiazole rings is 1. The summed E-state index contributed by atoms with van der Waals surface area (Å²) >= 11 is 1.15. The summed E-state index contributed by atoms with van der Waals surface area (Å²) in [5.74, 6) is 0.638. The number of nitrogens with zero attached hydrogens (tertiary/aromatic N) is 4. The summed E-state index contributed by atoms with van der Waals surface area (Å²) in [6, 6.07) is 12.2. The molecule has 2 aromatic carbocycles. The van der Waals surface area contributed by atoms with Crippen molar-refractivity contribution in [3.8, 4) is 33.5 Å². The van der Waals surface area contributed by atoms with Crippen LogP contribution in [0.1, 0.15) is 5.69 Å². The van der Waals surface area contributed by atoms with E-state index >= 15 is 0 Å². The zero-order valence-corrected chi connectivity index (χ0v) is 21.6. The number of aryl methyl sites for hydroxylation is 1. The highest BCUT2D eigenvalue weighted by Crippen LogP contribution is 2.33. The first-order valence-corrected chi connectivity index (χ1v) is 11.7. The lowest BCUT2D eigenvalue weighted by molar-refractivity contribution is -0.274. The van der Waals surface area contributed by atoms with Crippen LogP contribution in [0, 0.1) is 0 Å². The van der Waals surface area contributed by atoms with Crippen LogP contribution in [0.4, 0.5) is 13.2 Å². The minimum absolute atomic E-state index is 0. The second-order valence-electron chi connectivity index (χ2n) is 7.92. The van der Waals surface area contributed by atoms with Crippen LogP contribution in [0.3, 0.4) is 0 Å². The van der Waals surface area contributed by atoms with E-state index in [1.165, 1.54) is 35.9 Å². The van der Waals surface area contributed by atoms with Crippen LogP contribution in [0.25, 0.3) is 26.5 Å². The molecule has 0 saturated heterocycles. The van der Waals surface area contributed by atoms with Crippen molar-refractivity contribution in [1.82, 2.24) is 19.1 Å². The summed E-state index contributed by atoms with van der Waals surface area (Å²) in [5.41, 5.74) is 2.22. The second kappa shape index (κ2) is 10.8. The van der Waals surface area contributed by atoms with E-state index in [1.54, 1.807) is 43.0 Å². The number of rotatable bonds is 7. The number of ether oxygens (including phenoxy) is 3. The normalized spacial score (nSPS) is 11.3. The maximum atomic E-state index is 13.3. The number of benzene rings is 2. The largest absolute Gasteiger partial charge is 0.573 e. The van der Waals surface area contributed by atoms with Gasteiger partial charge in [0.2, 0.25) is 0 Å². The van der Waals surface area contributed by atoms with Gasteiger partial charge in [0.25, 0.3) is 5.56 Å². The fraction of sp³-hybridized carbons (Fsp3) is 0.160. The Morgan fingerprint density at radius 2 is 1.82 bits per heavy atom. The van der Waals surface area contributed by atoms with Gasteiger partial charge in [-0.1, -0.05) is 0 Å². The smallest absolute Gasteiger partial charge is 0.493 e. The van der Waals surface area contributed by atoms with E-state index in [0.29, 0.717) is 44.6 Å². The Kier molecular flexibility index (Phi) is 7.65. The van der Waals surface area contributed by atoms with Crippen molar-refractivity contribution < 1.29 is 27.4 Å². The molecule has 13 heteroatoms. The molecule has 0 spiro atoms. The monoisotopic (exact) mass is 564 g/mol. The quantitative estimate of drug-likeness (QED) is 0.250. The van der Waals surface area contributed by atoms with Crippen LogP contribution in [-0.4, -0.2) is 32.6 Å². The first-order chi connectivity index (χ1) is 17.7. The molecule has 0 bridgehead atoms. The minimum Gasteiger partial charge on any atom is -0.493 e. The molecule has 0 radical (unpaired) electrons. The van der Waals surface area contributed by atoms with E-state index in [4.69, 9.17) is 9.47 Å². The predicted molar refractivity (Wildman–Crippen MR) is 139 cm³/mol. The number of fused-ring (bicyclic) bond motifs is 1. The summed E-state index contributed by atoms with van der Waals surface area (Å²) in [7, 11) is 3.39. The molecule has 0 N–H and O–H groups in total. The maximum absolute atomic E-state index is 13.3. The second-order valence-corrected chi connectivity index (χ2v) is 8.92. The SMILES string of the molecule is COc1cc(-n2ccc3nc(-c4ccc(OC(F)(F)F)cc4)sc3c2=O)ccc1OCc1cncn1C.Cl. The summed E-state index contributed by atoms with van der Waals surface area (Å²) in [6.45, 7) is 0.297. The van der Waals surface area contributed by atoms with E-state index in [1.807, 2.05) is 11.6 Å². The molecule has 0 aliphatic heterocycles. The first-order valence-electron chi connectivity index (χ1n) is 10.9. The van der Waals surface area contributed by atoms with Gasteiger partial charge in [0.1, 0.15) is 22.1 Å². The van der Waals surface area contributed by atoms with Gasteiger partial charge in [-0.3, -0.25) is 9.36 Å². The molecule has 3 heterocycles. The average molecular weight is 565 g/mol. The summed E-state index contributed by atoms with van der Waals surface area (Å²) in [6.07, 6.45) is 0.238. The van der Waals surface area contributed by atoms with Gasteiger partial charge in [-0.2, -0.15) is 0 Å². The van der Waals surface area contributed by atoms with Crippen molar-refractivity contribution in [2.75, 3.05) is 7.11 Å². The van der Waals surface area contributed by atoms with Gasteiger partial charge in [-0.25, -0.2) is 9.97 Å². The van der Waals surface area contributed by atoms with Crippen LogP contribution >= 0.6 is 23.7 Å². The molecule has 198 valence electrons. The molecule has 0 unspecified atom stereocenters. The van der Waals surface area contributed by atoms with Crippen molar-refractivity contribution in [2.45, 2.75) is 13.0 Å². The van der Waals surface area contributed by atoms with Crippen LogP contribution in [-0.2, 0) is 13.7 Å². The Morgan fingerprint density at radius 1 is 1.05 bits per heavy atom. The van der Waals surface area contributed by atoms with Crippen LogP contribution in [0.2, 0.25) is 0 Å². The Bertz CT molecular complexity index is 1630. The topological polar surface area (TPSA) is 80.4 Å². The molecule has 0 aliphatic rings. The number of methoxy groups -OCH3 is 1. The van der Waals surface area contributed by atoms with Crippen molar-refractivity contribution in [1.29, 1.82) is 0 Å². The van der Waals surface area contributed by atoms with E-state index < -0.39 is 6.36 Å². The summed E-state index contributed by atoms with van der Waals surface area (Å²) in [4.78, 5) is 21.8. The van der Waals surface area contributed by atoms with Crippen molar-refractivity contribution >= 4 is 34.0 Å². The van der Waals surface area contributed by atoms with Crippen molar-refractivity contribution in [3.05, 3.63) is 83.3 Å². The van der Waals surface area contributed by atoms with Gasteiger partial charge >= 0.3 is 6.36 Å². The fourth-order valence-electron chi connectivity index (χ4n) is 3.65. The third kappa shape index (κ3) is 5.60. The summed E-state index contributed by atoms with van der Waals surface area (Å²) < 4.78 is 56.3. The molecule has 5 rings (SSSR count). The Balaban J connectivity index is 0.00000336. The van der Waals surface area contributed by atoms with E-state index in [9.17, 15) is 18.0 Å².